The number of aliphatic hydroxyl groups is 1. The second kappa shape index (κ2) is 6.66. The average molecular weight is 268 g/mol. The van der Waals surface area contributed by atoms with Gasteiger partial charge in [0.15, 0.2) is 0 Å². The predicted octanol–water partition coefficient (Wildman–Crippen LogP) is 1.88. The van der Waals surface area contributed by atoms with Gasteiger partial charge in [0.05, 0.1) is 6.10 Å². The van der Waals surface area contributed by atoms with Crippen molar-refractivity contribution in [3.63, 3.8) is 0 Å². The highest BCUT2D eigenvalue weighted by Gasteiger charge is 2.13. The molecule has 5 heteroatoms. The van der Waals surface area contributed by atoms with Crippen molar-refractivity contribution in [1.29, 1.82) is 0 Å². The second-order valence-electron chi connectivity index (χ2n) is 4.18. The number of nitrogens with one attached hydrogen (secondary N) is 1. The molecule has 0 bridgehead atoms. The van der Waals surface area contributed by atoms with Crippen molar-refractivity contribution in [2.75, 3.05) is 12.3 Å². The van der Waals surface area contributed by atoms with Crippen LogP contribution in [0.25, 0.3) is 0 Å². The van der Waals surface area contributed by atoms with Crippen LogP contribution in [0.2, 0.25) is 0 Å². The highest BCUT2D eigenvalue weighted by Crippen LogP contribution is 2.30. The number of amides is 1. The van der Waals surface area contributed by atoms with Crippen molar-refractivity contribution < 1.29 is 9.90 Å². The lowest BCUT2D eigenvalue weighted by Gasteiger charge is -2.15. The number of carbonyl (C=O) groups is 1. The van der Waals surface area contributed by atoms with Crippen LogP contribution in [0.4, 0.5) is 5.69 Å². The van der Waals surface area contributed by atoms with E-state index < -0.39 is 6.10 Å². The van der Waals surface area contributed by atoms with Gasteiger partial charge in [-0.05, 0) is 32.0 Å². The molecular weight excluding hydrogens is 248 g/mol. The lowest BCUT2D eigenvalue weighted by Crippen LogP contribution is -2.22. The molecule has 18 heavy (non-hydrogen) atoms. The van der Waals surface area contributed by atoms with Gasteiger partial charge in [0.25, 0.3) is 5.91 Å². The molecule has 1 amide bonds. The van der Waals surface area contributed by atoms with E-state index in [9.17, 15) is 9.90 Å². The third-order valence-electron chi connectivity index (χ3n) is 2.60. The van der Waals surface area contributed by atoms with Crippen LogP contribution in [0.15, 0.2) is 23.1 Å². The van der Waals surface area contributed by atoms with Gasteiger partial charge in [-0.3, -0.25) is 4.79 Å². The molecule has 1 aromatic carbocycles. The summed E-state index contributed by atoms with van der Waals surface area (Å²) in [5.74, 6) is -0.121. The maximum atomic E-state index is 11.6. The van der Waals surface area contributed by atoms with E-state index in [2.05, 4.69) is 5.32 Å². The molecule has 0 aliphatic carbocycles. The second-order valence-corrected chi connectivity index (χ2v) is 5.59. The summed E-state index contributed by atoms with van der Waals surface area (Å²) in [6.07, 6.45) is -0.405. The van der Waals surface area contributed by atoms with Gasteiger partial charge >= 0.3 is 0 Å². The van der Waals surface area contributed by atoms with Gasteiger partial charge in [-0.25, -0.2) is 0 Å². The summed E-state index contributed by atoms with van der Waals surface area (Å²) in [5, 5.41) is 12.2. The minimum Gasteiger partial charge on any atom is -0.398 e. The molecule has 2 unspecified atom stereocenters. The molecule has 4 N–H and O–H groups in total. The Bertz CT molecular complexity index is 421. The van der Waals surface area contributed by atoms with Gasteiger partial charge in [-0.2, -0.15) is 0 Å². The van der Waals surface area contributed by atoms with Crippen molar-refractivity contribution in [3.05, 3.63) is 23.8 Å². The van der Waals surface area contributed by atoms with Crippen LogP contribution >= 0.6 is 11.8 Å². The fourth-order valence-electron chi connectivity index (χ4n) is 1.36. The van der Waals surface area contributed by atoms with E-state index >= 15 is 0 Å². The SMILES string of the molecule is CCNC(=O)c1ccc(SC(C)C(C)O)c(N)c1. The quantitative estimate of drug-likeness (QED) is 0.563. The number of nitrogen functional groups attached to an aromatic ring is 1. The number of thioether (sulfide) groups is 1. The molecule has 0 radical (unpaired) electrons. The summed E-state index contributed by atoms with van der Waals surface area (Å²) in [4.78, 5) is 12.5. The minimum absolute atomic E-state index is 0.0580. The summed E-state index contributed by atoms with van der Waals surface area (Å²) in [5.41, 5.74) is 7.05. The van der Waals surface area contributed by atoms with Crippen LogP contribution in [0.5, 0.6) is 0 Å². The molecule has 0 spiro atoms. The Labute approximate surface area is 112 Å². The van der Waals surface area contributed by atoms with Gasteiger partial charge in [0.1, 0.15) is 0 Å². The van der Waals surface area contributed by atoms with E-state index in [4.69, 9.17) is 5.73 Å². The van der Waals surface area contributed by atoms with Crippen LogP contribution in [-0.4, -0.2) is 28.9 Å². The van der Waals surface area contributed by atoms with Crippen molar-refractivity contribution in [2.24, 2.45) is 0 Å². The first-order chi connectivity index (χ1) is 8.45. The number of benzene rings is 1. The standard InChI is InChI=1S/C13H20N2O2S/c1-4-15-13(17)10-5-6-12(11(14)7-10)18-9(3)8(2)16/h5-9,16H,4,14H2,1-3H3,(H,15,17). The maximum absolute atomic E-state index is 11.6. The number of nitrogens with two attached hydrogens (primary N) is 1. The molecule has 4 nitrogen and oxygen atoms in total. The topological polar surface area (TPSA) is 75.3 Å². The van der Waals surface area contributed by atoms with Gasteiger partial charge in [0.2, 0.25) is 0 Å². The Hall–Kier alpha value is -1.20. The molecule has 1 rings (SSSR count). The van der Waals surface area contributed by atoms with Gasteiger partial charge in [-0.1, -0.05) is 6.92 Å². The Balaban J connectivity index is 2.83. The fourth-order valence-corrected chi connectivity index (χ4v) is 2.30. The lowest BCUT2D eigenvalue weighted by molar-refractivity contribution is 0.0956. The van der Waals surface area contributed by atoms with Crippen molar-refractivity contribution in [2.45, 2.75) is 37.0 Å². The van der Waals surface area contributed by atoms with Crippen LogP contribution in [0.3, 0.4) is 0 Å². The maximum Gasteiger partial charge on any atom is 0.251 e. The van der Waals surface area contributed by atoms with Crippen molar-refractivity contribution in [1.82, 2.24) is 5.32 Å². The first-order valence-electron chi connectivity index (χ1n) is 5.98. The highest BCUT2D eigenvalue weighted by atomic mass is 32.2. The number of anilines is 1. The van der Waals surface area contributed by atoms with Crippen molar-refractivity contribution >= 4 is 23.4 Å². The van der Waals surface area contributed by atoms with E-state index in [-0.39, 0.29) is 11.2 Å². The highest BCUT2D eigenvalue weighted by molar-refractivity contribution is 8.00. The van der Waals surface area contributed by atoms with Crippen LogP contribution in [0, 0.1) is 0 Å². The van der Waals surface area contributed by atoms with Crippen molar-refractivity contribution in [3.8, 4) is 0 Å². The summed E-state index contributed by atoms with van der Waals surface area (Å²) in [6, 6.07) is 5.24. The van der Waals surface area contributed by atoms with Crippen LogP contribution in [0.1, 0.15) is 31.1 Å². The molecule has 0 saturated heterocycles. The molecule has 0 aliphatic heterocycles. The molecule has 0 fully saturated rings. The zero-order chi connectivity index (χ0) is 13.7. The van der Waals surface area contributed by atoms with Gasteiger partial charge in [-0.15, -0.1) is 11.8 Å². The fraction of sp³-hybridized carbons (Fsp3) is 0.462. The number of carbonyl (C=O) groups excluding carboxylic acids is 1. The Morgan fingerprint density at radius 2 is 2.17 bits per heavy atom. The lowest BCUT2D eigenvalue weighted by atomic mass is 10.2. The van der Waals surface area contributed by atoms with E-state index in [1.54, 1.807) is 19.1 Å². The summed E-state index contributed by atoms with van der Waals surface area (Å²) < 4.78 is 0. The number of hydrogen-bond acceptors (Lipinski definition) is 4. The first kappa shape index (κ1) is 14.9. The van der Waals surface area contributed by atoms with E-state index in [0.717, 1.165) is 4.90 Å². The van der Waals surface area contributed by atoms with E-state index in [0.29, 0.717) is 17.8 Å². The van der Waals surface area contributed by atoms with Gasteiger partial charge < -0.3 is 16.2 Å². The van der Waals surface area contributed by atoms with Crippen LogP contribution in [-0.2, 0) is 0 Å². The molecule has 0 aliphatic rings. The molecule has 0 heterocycles. The molecule has 2 atom stereocenters. The summed E-state index contributed by atoms with van der Waals surface area (Å²) >= 11 is 1.51. The molecule has 1 aromatic rings. The zero-order valence-corrected chi connectivity index (χ0v) is 11.8. The number of hydrogen-bond donors (Lipinski definition) is 3. The van der Waals surface area contributed by atoms with E-state index in [1.165, 1.54) is 11.8 Å². The first-order valence-corrected chi connectivity index (χ1v) is 6.86. The Kier molecular flexibility index (Phi) is 5.50. The minimum atomic E-state index is -0.405. The average Bonchev–Trinajstić information content (AvgIpc) is 2.31. The molecule has 0 aromatic heterocycles. The number of rotatable bonds is 5. The van der Waals surface area contributed by atoms with Crippen LogP contribution < -0.4 is 11.1 Å². The van der Waals surface area contributed by atoms with Gasteiger partial charge in [0, 0.05) is 27.9 Å². The monoisotopic (exact) mass is 268 g/mol. The summed E-state index contributed by atoms with van der Waals surface area (Å²) in [6.45, 7) is 6.15. The molecule has 0 saturated carbocycles. The molecular formula is C13H20N2O2S. The zero-order valence-electron chi connectivity index (χ0n) is 10.9. The third-order valence-corrected chi connectivity index (χ3v) is 3.99. The molecule has 100 valence electrons. The smallest absolute Gasteiger partial charge is 0.251 e. The van der Waals surface area contributed by atoms with E-state index in [1.807, 2.05) is 19.9 Å². The normalized spacial score (nSPS) is 14.0. The number of aliphatic hydroxyl groups excluding tert-OH is 1. The Morgan fingerprint density at radius 3 is 2.67 bits per heavy atom. The summed E-state index contributed by atoms with van der Waals surface area (Å²) in [7, 11) is 0. The Morgan fingerprint density at radius 1 is 1.50 bits per heavy atom. The largest absolute Gasteiger partial charge is 0.398 e. The predicted molar refractivity (Wildman–Crippen MR) is 75.9 cm³/mol. The third kappa shape index (κ3) is 3.92.